The molecule has 5 heteroatoms. The van der Waals surface area contributed by atoms with Crippen molar-refractivity contribution in [2.24, 2.45) is 0 Å². The van der Waals surface area contributed by atoms with Crippen LogP contribution in [0.15, 0.2) is 48.5 Å². The summed E-state index contributed by atoms with van der Waals surface area (Å²) >= 11 is 0. The fraction of sp³-hybridized carbons (Fsp3) is 0.211. The highest BCUT2D eigenvalue weighted by molar-refractivity contribution is 5.94. The molecule has 0 radical (unpaired) electrons. The van der Waals surface area contributed by atoms with E-state index < -0.39 is 12.0 Å². The zero-order chi connectivity index (χ0) is 17.9. The molecular weight excluding hydrogens is 312 g/mol. The Morgan fingerprint density at radius 1 is 1.12 bits per heavy atom. The van der Waals surface area contributed by atoms with Gasteiger partial charge in [-0.1, -0.05) is 36.4 Å². The van der Waals surface area contributed by atoms with E-state index in [-0.39, 0.29) is 11.3 Å². The topological polar surface area (TPSA) is 40.5 Å². The molecule has 0 atom stereocenters. The van der Waals surface area contributed by atoms with Crippen LogP contribution in [-0.4, -0.2) is 24.2 Å². The number of nitrogens with zero attached hydrogens (tertiary/aromatic N) is 1. The summed E-state index contributed by atoms with van der Waals surface area (Å²) in [6.07, 6.45) is 2.11. The molecule has 0 bridgehead atoms. The number of rotatable bonds is 5. The third-order valence-corrected chi connectivity index (χ3v) is 3.95. The highest BCUT2D eigenvalue weighted by Gasteiger charge is 2.33. The monoisotopic (exact) mass is 331 g/mol. The summed E-state index contributed by atoms with van der Waals surface area (Å²) < 4.78 is 28.9. The van der Waals surface area contributed by atoms with E-state index in [1.54, 1.807) is 6.07 Å². The first-order valence-corrected chi connectivity index (χ1v) is 7.43. The van der Waals surface area contributed by atoms with Crippen LogP contribution in [0.2, 0.25) is 0 Å². The van der Waals surface area contributed by atoms with Crippen molar-refractivity contribution in [3.05, 3.63) is 70.8 Å². The number of hydrogen-bond donors (Lipinski definition) is 1. The SMILES string of the molecule is Cc1ccc(/C=C/C(F)(F)N(C)c2ccccc2C(=O)O)cc1C. The molecule has 2 rings (SSSR count). The second-order valence-electron chi connectivity index (χ2n) is 5.65. The first-order valence-electron chi connectivity index (χ1n) is 7.43. The second-order valence-corrected chi connectivity index (χ2v) is 5.65. The highest BCUT2D eigenvalue weighted by Crippen LogP contribution is 2.30. The largest absolute Gasteiger partial charge is 0.478 e. The summed E-state index contributed by atoms with van der Waals surface area (Å²) in [5, 5.41) is 9.16. The maximum atomic E-state index is 14.5. The van der Waals surface area contributed by atoms with Gasteiger partial charge in [0, 0.05) is 13.1 Å². The Kier molecular flexibility index (Phi) is 5.02. The number of benzene rings is 2. The van der Waals surface area contributed by atoms with E-state index in [2.05, 4.69) is 0 Å². The predicted molar refractivity (Wildman–Crippen MR) is 91.7 cm³/mol. The first-order chi connectivity index (χ1) is 11.2. The number of aromatic carboxylic acids is 1. The van der Waals surface area contributed by atoms with Crippen molar-refractivity contribution in [3.63, 3.8) is 0 Å². The van der Waals surface area contributed by atoms with Crippen LogP contribution in [0.3, 0.4) is 0 Å². The van der Waals surface area contributed by atoms with Gasteiger partial charge in [-0.2, -0.15) is 8.78 Å². The van der Waals surface area contributed by atoms with Crippen molar-refractivity contribution >= 4 is 17.7 Å². The number of halogens is 2. The number of carbonyl (C=O) groups is 1. The van der Waals surface area contributed by atoms with Gasteiger partial charge in [0.15, 0.2) is 0 Å². The van der Waals surface area contributed by atoms with Crippen molar-refractivity contribution in [1.29, 1.82) is 0 Å². The van der Waals surface area contributed by atoms with E-state index in [4.69, 9.17) is 5.11 Å². The van der Waals surface area contributed by atoms with Gasteiger partial charge >= 0.3 is 12.0 Å². The van der Waals surface area contributed by atoms with Gasteiger partial charge in [-0.25, -0.2) is 4.79 Å². The molecule has 24 heavy (non-hydrogen) atoms. The molecule has 0 heterocycles. The second kappa shape index (κ2) is 6.83. The van der Waals surface area contributed by atoms with E-state index in [1.165, 1.54) is 37.4 Å². The lowest BCUT2D eigenvalue weighted by Crippen LogP contribution is -2.37. The number of carboxylic acid groups (broad SMARTS) is 1. The van der Waals surface area contributed by atoms with Crippen LogP contribution < -0.4 is 4.90 Å². The third-order valence-electron chi connectivity index (χ3n) is 3.95. The maximum absolute atomic E-state index is 14.5. The summed E-state index contributed by atoms with van der Waals surface area (Å²) in [5.41, 5.74) is 2.56. The van der Waals surface area contributed by atoms with Crippen molar-refractivity contribution in [2.75, 3.05) is 11.9 Å². The normalized spacial score (nSPS) is 11.7. The van der Waals surface area contributed by atoms with E-state index in [1.807, 2.05) is 26.0 Å². The van der Waals surface area contributed by atoms with Crippen molar-refractivity contribution < 1.29 is 18.7 Å². The molecule has 0 aliphatic rings. The number of alkyl halides is 2. The van der Waals surface area contributed by atoms with Crippen LogP contribution >= 0.6 is 0 Å². The zero-order valence-corrected chi connectivity index (χ0v) is 13.8. The predicted octanol–water partition coefficient (Wildman–Crippen LogP) is 4.74. The van der Waals surface area contributed by atoms with Gasteiger partial charge in [0.25, 0.3) is 0 Å². The Morgan fingerprint density at radius 3 is 2.42 bits per heavy atom. The Morgan fingerprint density at radius 2 is 1.79 bits per heavy atom. The van der Waals surface area contributed by atoms with E-state index in [0.29, 0.717) is 10.5 Å². The van der Waals surface area contributed by atoms with Crippen molar-refractivity contribution in [3.8, 4) is 0 Å². The Balaban J connectivity index is 2.30. The first kappa shape index (κ1) is 17.7. The average molecular weight is 331 g/mol. The van der Waals surface area contributed by atoms with Crippen LogP contribution in [0.1, 0.15) is 27.0 Å². The number of anilines is 1. The minimum Gasteiger partial charge on any atom is -0.478 e. The molecule has 0 saturated heterocycles. The summed E-state index contributed by atoms with van der Waals surface area (Å²) in [4.78, 5) is 11.9. The molecule has 0 spiro atoms. The van der Waals surface area contributed by atoms with Gasteiger partial charge in [-0.15, -0.1) is 0 Å². The molecule has 0 aromatic heterocycles. The van der Waals surface area contributed by atoms with Crippen LogP contribution in [0.4, 0.5) is 14.5 Å². The summed E-state index contributed by atoms with van der Waals surface area (Å²) in [6.45, 7) is 3.87. The average Bonchev–Trinajstić information content (AvgIpc) is 2.55. The minimum absolute atomic E-state index is 0.0419. The maximum Gasteiger partial charge on any atom is 0.346 e. The number of aryl methyl sites for hydroxylation is 2. The van der Waals surface area contributed by atoms with Gasteiger partial charge in [0.05, 0.1) is 11.3 Å². The van der Waals surface area contributed by atoms with E-state index in [0.717, 1.165) is 17.2 Å². The van der Waals surface area contributed by atoms with Crippen molar-refractivity contribution in [2.45, 2.75) is 19.9 Å². The molecule has 0 amide bonds. The van der Waals surface area contributed by atoms with Crippen LogP contribution in [-0.2, 0) is 0 Å². The fourth-order valence-corrected chi connectivity index (χ4v) is 2.28. The molecule has 0 saturated carbocycles. The molecule has 0 unspecified atom stereocenters. The number of hydrogen-bond acceptors (Lipinski definition) is 2. The molecule has 0 fully saturated rings. The molecule has 0 aliphatic heterocycles. The molecule has 2 aromatic rings. The van der Waals surface area contributed by atoms with E-state index >= 15 is 0 Å². The lowest BCUT2D eigenvalue weighted by Gasteiger charge is -2.28. The quantitative estimate of drug-likeness (QED) is 0.804. The Hall–Kier alpha value is -2.69. The lowest BCUT2D eigenvalue weighted by molar-refractivity contribution is 0.0567. The van der Waals surface area contributed by atoms with Crippen molar-refractivity contribution in [1.82, 2.24) is 0 Å². The Labute approximate surface area is 139 Å². The van der Waals surface area contributed by atoms with E-state index in [9.17, 15) is 13.6 Å². The summed E-state index contributed by atoms with van der Waals surface area (Å²) in [6, 6.07) is 7.83. The lowest BCUT2D eigenvalue weighted by atomic mass is 10.1. The van der Waals surface area contributed by atoms with Crippen LogP contribution in [0, 0.1) is 13.8 Å². The number of likely N-dealkylation sites (N-methyl/N-ethyl adjacent to an activating group) is 1. The zero-order valence-electron chi connectivity index (χ0n) is 13.8. The fourth-order valence-electron chi connectivity index (χ4n) is 2.28. The molecule has 2 aromatic carbocycles. The Bertz CT molecular complexity index is 785. The minimum atomic E-state index is -3.33. The van der Waals surface area contributed by atoms with Gasteiger partial charge in [-0.05, 0) is 42.7 Å². The number of para-hydroxylation sites is 1. The van der Waals surface area contributed by atoms with Gasteiger partial charge < -0.3 is 10.0 Å². The molecule has 0 aliphatic carbocycles. The van der Waals surface area contributed by atoms with Crippen LogP contribution in [0.5, 0.6) is 0 Å². The molecular formula is C19H19F2NO2. The van der Waals surface area contributed by atoms with Crippen LogP contribution in [0.25, 0.3) is 6.08 Å². The van der Waals surface area contributed by atoms with Gasteiger partial charge in [-0.3, -0.25) is 0 Å². The number of carboxylic acids is 1. The third kappa shape index (κ3) is 3.79. The smallest absolute Gasteiger partial charge is 0.346 e. The van der Waals surface area contributed by atoms with Gasteiger partial charge in [0.1, 0.15) is 0 Å². The summed E-state index contributed by atoms with van der Waals surface area (Å²) in [5.74, 6) is -1.24. The summed E-state index contributed by atoms with van der Waals surface area (Å²) in [7, 11) is 1.17. The van der Waals surface area contributed by atoms with Gasteiger partial charge in [0.2, 0.25) is 0 Å². The molecule has 1 N–H and O–H groups in total. The standard InChI is InChI=1S/C19H19F2NO2/c1-13-8-9-15(12-14(13)2)10-11-19(20,21)22(3)17-7-5-4-6-16(17)18(23)24/h4-12H,1-3H3,(H,23,24)/b11-10+. The molecule has 126 valence electrons. The molecule has 3 nitrogen and oxygen atoms in total. The highest BCUT2D eigenvalue weighted by atomic mass is 19.3.